The van der Waals surface area contributed by atoms with Crippen LogP contribution in [0.1, 0.15) is 41.4 Å². The predicted octanol–water partition coefficient (Wildman–Crippen LogP) is 7.33. The number of aliphatic hydroxyl groups excluding tert-OH is 2. The van der Waals surface area contributed by atoms with Gasteiger partial charge in [0.25, 0.3) is 0 Å². The van der Waals surface area contributed by atoms with Gasteiger partial charge in [-0.15, -0.1) is 0 Å². The van der Waals surface area contributed by atoms with E-state index >= 15 is 0 Å². The number of rotatable bonds is 16. The largest absolute Gasteiger partial charge is 0.491 e. The zero-order chi connectivity index (χ0) is 29.7. The van der Waals surface area contributed by atoms with E-state index in [4.69, 9.17) is 32.7 Å². The molecular formula is C35H39Cl2NO4. The van der Waals surface area contributed by atoms with E-state index in [2.05, 4.69) is 36.1 Å². The minimum Gasteiger partial charge on any atom is -0.491 e. The van der Waals surface area contributed by atoms with Crippen molar-refractivity contribution in [1.29, 1.82) is 0 Å². The zero-order valence-corrected chi connectivity index (χ0v) is 25.4. The van der Waals surface area contributed by atoms with Crippen molar-refractivity contribution in [3.05, 3.63) is 135 Å². The Hall–Kier alpha value is -2.90. The summed E-state index contributed by atoms with van der Waals surface area (Å²) in [7, 11) is 0. The Labute approximate surface area is 259 Å². The molecule has 4 aromatic carbocycles. The van der Waals surface area contributed by atoms with Crippen LogP contribution >= 0.6 is 23.2 Å². The van der Waals surface area contributed by atoms with Crippen LogP contribution in [0.25, 0.3) is 0 Å². The van der Waals surface area contributed by atoms with Crippen molar-refractivity contribution in [2.45, 2.75) is 38.0 Å². The Morgan fingerprint density at radius 1 is 0.667 bits per heavy atom. The SMILES string of the molecule is C[C@@H](Cc1ccc(OCCOCCc2ccccc2)cc1)N(C[C@H](O)c1cccc(Cl)c1)C[C@H](O)c1cccc(Cl)c1. The standard InChI is InChI=1S/C35H39Cl2NO4/c1-26(21-28-13-15-33(16-14-28)42-20-19-41-18-17-27-7-3-2-4-8-27)38(24-34(39)29-9-5-11-31(36)22-29)25-35(40)30-10-6-12-32(37)23-30/h2-16,22-23,26,34-35,39-40H,17-21,24-25H2,1H3/t26-,34-,35-/m0/s1. The summed E-state index contributed by atoms with van der Waals surface area (Å²) >= 11 is 12.3. The second kappa shape index (κ2) is 16.7. The molecule has 0 fully saturated rings. The van der Waals surface area contributed by atoms with Gasteiger partial charge >= 0.3 is 0 Å². The van der Waals surface area contributed by atoms with E-state index in [-0.39, 0.29) is 6.04 Å². The molecule has 3 atom stereocenters. The third-order valence-corrected chi connectivity index (χ3v) is 7.70. The topological polar surface area (TPSA) is 62.2 Å². The summed E-state index contributed by atoms with van der Waals surface area (Å²) in [6.45, 7) is 4.46. The van der Waals surface area contributed by atoms with Gasteiger partial charge in [-0.1, -0.05) is 89.9 Å². The maximum absolute atomic E-state index is 11.1. The molecule has 0 aliphatic rings. The van der Waals surface area contributed by atoms with Gasteiger partial charge in [0.15, 0.2) is 0 Å². The number of hydrogen-bond acceptors (Lipinski definition) is 5. The van der Waals surface area contributed by atoms with Gasteiger partial charge in [0.2, 0.25) is 0 Å². The van der Waals surface area contributed by atoms with E-state index < -0.39 is 12.2 Å². The molecule has 5 nitrogen and oxygen atoms in total. The normalized spacial score (nSPS) is 13.6. The maximum atomic E-state index is 11.1. The highest BCUT2D eigenvalue weighted by atomic mass is 35.5. The number of benzene rings is 4. The van der Waals surface area contributed by atoms with Crippen molar-refractivity contribution in [2.75, 3.05) is 32.9 Å². The van der Waals surface area contributed by atoms with E-state index in [0.717, 1.165) is 35.3 Å². The van der Waals surface area contributed by atoms with Crippen LogP contribution in [-0.2, 0) is 17.6 Å². The molecule has 2 N–H and O–H groups in total. The molecule has 0 heterocycles. The van der Waals surface area contributed by atoms with Crippen molar-refractivity contribution in [1.82, 2.24) is 4.90 Å². The lowest BCUT2D eigenvalue weighted by atomic mass is 10.0. The van der Waals surface area contributed by atoms with Crippen LogP contribution in [0, 0.1) is 0 Å². The molecule has 222 valence electrons. The summed E-state index contributed by atoms with van der Waals surface area (Å²) in [4.78, 5) is 2.11. The first-order valence-corrected chi connectivity index (χ1v) is 15.1. The molecule has 0 saturated carbocycles. The second-order valence-electron chi connectivity index (χ2n) is 10.5. The number of ether oxygens (including phenoxy) is 2. The Bertz CT molecular complexity index is 1300. The average Bonchev–Trinajstić information content (AvgIpc) is 2.99. The van der Waals surface area contributed by atoms with Gasteiger partial charge in [-0.3, -0.25) is 4.90 Å². The van der Waals surface area contributed by atoms with Crippen LogP contribution in [-0.4, -0.2) is 54.1 Å². The van der Waals surface area contributed by atoms with Gasteiger partial charge in [0, 0.05) is 29.2 Å². The summed E-state index contributed by atoms with van der Waals surface area (Å²) in [6.07, 6.45) is 0.0940. The molecule has 4 aromatic rings. The highest BCUT2D eigenvalue weighted by Gasteiger charge is 2.23. The fraction of sp³-hybridized carbons (Fsp3) is 0.314. The average molecular weight is 609 g/mol. The van der Waals surface area contributed by atoms with Gasteiger partial charge in [-0.05, 0) is 78.4 Å². The fourth-order valence-electron chi connectivity index (χ4n) is 4.86. The van der Waals surface area contributed by atoms with Crippen molar-refractivity contribution in [3.8, 4) is 5.75 Å². The molecule has 42 heavy (non-hydrogen) atoms. The first-order chi connectivity index (χ1) is 20.4. The van der Waals surface area contributed by atoms with Crippen molar-refractivity contribution >= 4 is 23.2 Å². The van der Waals surface area contributed by atoms with Crippen LogP contribution in [0.2, 0.25) is 10.0 Å². The van der Waals surface area contributed by atoms with Gasteiger partial charge in [-0.2, -0.15) is 0 Å². The van der Waals surface area contributed by atoms with Crippen LogP contribution in [0.15, 0.2) is 103 Å². The lowest BCUT2D eigenvalue weighted by Crippen LogP contribution is -2.40. The predicted molar refractivity (Wildman–Crippen MR) is 170 cm³/mol. The molecular weight excluding hydrogens is 569 g/mol. The summed E-state index contributed by atoms with van der Waals surface area (Å²) in [6, 6.07) is 32.9. The zero-order valence-electron chi connectivity index (χ0n) is 23.9. The molecule has 4 rings (SSSR count). The third kappa shape index (κ3) is 10.4. The van der Waals surface area contributed by atoms with Gasteiger partial charge in [0.1, 0.15) is 12.4 Å². The maximum Gasteiger partial charge on any atom is 0.119 e. The second-order valence-corrected chi connectivity index (χ2v) is 11.4. The molecule has 7 heteroatoms. The van der Waals surface area contributed by atoms with Gasteiger partial charge < -0.3 is 19.7 Å². The number of nitrogens with zero attached hydrogens (tertiary/aromatic N) is 1. The Kier molecular flexibility index (Phi) is 12.7. The van der Waals surface area contributed by atoms with Crippen molar-refractivity contribution in [2.24, 2.45) is 0 Å². The van der Waals surface area contributed by atoms with Crippen LogP contribution in [0.4, 0.5) is 0 Å². The van der Waals surface area contributed by atoms with Crippen LogP contribution in [0.3, 0.4) is 0 Å². The van der Waals surface area contributed by atoms with Crippen LogP contribution < -0.4 is 4.74 Å². The molecule has 0 amide bonds. The number of hydrogen-bond donors (Lipinski definition) is 2. The molecule has 0 bridgehead atoms. The molecule has 0 spiro atoms. The minimum atomic E-state index is -0.761. The monoisotopic (exact) mass is 607 g/mol. The van der Waals surface area contributed by atoms with Crippen molar-refractivity contribution in [3.63, 3.8) is 0 Å². The Balaban J connectivity index is 1.31. The van der Waals surface area contributed by atoms with E-state index in [1.165, 1.54) is 5.56 Å². The Morgan fingerprint density at radius 2 is 1.26 bits per heavy atom. The molecule has 0 aliphatic heterocycles. The highest BCUT2D eigenvalue weighted by Crippen LogP contribution is 2.25. The number of aliphatic hydroxyl groups is 2. The summed E-state index contributed by atoms with van der Waals surface area (Å²) in [5.41, 5.74) is 3.87. The molecule has 0 aliphatic carbocycles. The van der Waals surface area contributed by atoms with E-state index in [0.29, 0.717) is 43.0 Å². The smallest absolute Gasteiger partial charge is 0.119 e. The van der Waals surface area contributed by atoms with Crippen LogP contribution in [0.5, 0.6) is 5.75 Å². The quantitative estimate of drug-likeness (QED) is 0.131. The summed E-state index contributed by atoms with van der Waals surface area (Å²) in [5.74, 6) is 0.794. The van der Waals surface area contributed by atoms with E-state index in [1.54, 1.807) is 24.3 Å². The number of halogens is 2. The first kappa shape index (κ1) is 32.0. The summed E-state index contributed by atoms with van der Waals surface area (Å²) < 4.78 is 11.6. The minimum absolute atomic E-state index is 0.0254. The third-order valence-electron chi connectivity index (χ3n) is 7.23. The van der Waals surface area contributed by atoms with Gasteiger partial charge in [-0.25, -0.2) is 0 Å². The van der Waals surface area contributed by atoms with E-state index in [1.807, 2.05) is 54.6 Å². The Morgan fingerprint density at radius 3 is 1.83 bits per heavy atom. The molecule has 0 unspecified atom stereocenters. The molecule has 0 radical (unpaired) electrons. The summed E-state index contributed by atoms with van der Waals surface area (Å²) in [5, 5.41) is 23.3. The molecule has 0 aromatic heterocycles. The van der Waals surface area contributed by atoms with Crippen molar-refractivity contribution < 1.29 is 19.7 Å². The first-order valence-electron chi connectivity index (χ1n) is 14.3. The fourth-order valence-corrected chi connectivity index (χ4v) is 5.26. The molecule has 0 saturated heterocycles. The van der Waals surface area contributed by atoms with Gasteiger partial charge in [0.05, 0.1) is 25.4 Å². The highest BCUT2D eigenvalue weighted by molar-refractivity contribution is 6.30. The van der Waals surface area contributed by atoms with E-state index in [9.17, 15) is 10.2 Å². The lowest BCUT2D eigenvalue weighted by Gasteiger charge is -2.33. The lowest BCUT2D eigenvalue weighted by molar-refractivity contribution is 0.0480.